The van der Waals surface area contributed by atoms with Crippen LogP contribution in [0.2, 0.25) is 0 Å². The summed E-state index contributed by atoms with van der Waals surface area (Å²) in [6, 6.07) is 18.9. The van der Waals surface area contributed by atoms with Gasteiger partial charge in [0.25, 0.3) is 5.91 Å². The van der Waals surface area contributed by atoms with E-state index in [1.54, 1.807) is 12.3 Å². The number of carbonyl (C=O) groups excluding carboxylic acids is 1. The van der Waals surface area contributed by atoms with Crippen molar-refractivity contribution < 1.29 is 4.79 Å². The number of hydrogen-bond acceptors (Lipinski definition) is 2. The largest absolute Gasteiger partial charge is 0.323 e. The van der Waals surface area contributed by atoms with E-state index in [1.807, 2.05) is 71.6 Å². The van der Waals surface area contributed by atoms with Gasteiger partial charge in [-0.1, -0.05) is 40.2 Å². The van der Waals surface area contributed by atoms with E-state index in [2.05, 4.69) is 26.5 Å². The van der Waals surface area contributed by atoms with Gasteiger partial charge in [0.1, 0.15) is 0 Å². The van der Waals surface area contributed by atoms with Crippen LogP contribution in [0, 0.1) is 0 Å². The fourth-order valence-corrected chi connectivity index (χ4v) is 2.62. The number of halogens is 1. The molecule has 5 heteroatoms. The predicted octanol–water partition coefficient (Wildman–Crippen LogP) is 4.00. The number of rotatable bonds is 4. The topological polar surface area (TPSA) is 46.4 Å². The Kier molecular flexibility index (Phi) is 4.68. The lowest BCUT2D eigenvalue weighted by Gasteiger charge is -2.08. The van der Waals surface area contributed by atoms with Crippen molar-refractivity contribution in [3.63, 3.8) is 0 Å². The van der Waals surface area contributed by atoms with Crippen LogP contribution in [0.3, 0.4) is 0 Å². The third-order valence-electron chi connectivity index (χ3n) is 3.26. The van der Waals surface area contributed by atoms with E-state index in [0.29, 0.717) is 5.56 Å². The molecule has 0 aliphatic rings. The lowest BCUT2D eigenvalue weighted by atomic mass is 10.1. The number of aromatic nitrogens is 1. The summed E-state index contributed by atoms with van der Waals surface area (Å²) >= 11 is 3.40. The fraction of sp³-hybridized carbons (Fsp3) is 0. The van der Waals surface area contributed by atoms with Gasteiger partial charge in [-0.3, -0.25) is 4.79 Å². The number of nitrogens with zero attached hydrogens (tertiary/aromatic N) is 2. The van der Waals surface area contributed by atoms with Crippen LogP contribution in [-0.4, -0.2) is 16.7 Å². The molecule has 1 amide bonds. The molecule has 0 aliphatic carbocycles. The molecule has 0 spiro atoms. The van der Waals surface area contributed by atoms with E-state index in [-0.39, 0.29) is 5.91 Å². The van der Waals surface area contributed by atoms with Gasteiger partial charge in [-0.25, -0.2) is 5.43 Å². The standard InChI is InChI=1S/C18H14BrN3O/c19-15-7-5-6-14(12-15)13-20-21-18(23)16-8-1-2-9-17(16)22-10-3-4-11-22/h1-13H,(H,21,23)/b20-13-. The Morgan fingerprint density at radius 2 is 1.83 bits per heavy atom. The fourth-order valence-electron chi connectivity index (χ4n) is 2.20. The average molecular weight is 368 g/mol. The maximum Gasteiger partial charge on any atom is 0.273 e. The van der Waals surface area contributed by atoms with Gasteiger partial charge in [0.05, 0.1) is 17.5 Å². The summed E-state index contributed by atoms with van der Waals surface area (Å²) in [5, 5.41) is 4.03. The van der Waals surface area contributed by atoms with E-state index in [0.717, 1.165) is 15.7 Å². The van der Waals surface area contributed by atoms with Gasteiger partial charge in [0.2, 0.25) is 0 Å². The van der Waals surface area contributed by atoms with Crippen LogP contribution in [0.4, 0.5) is 0 Å². The second-order valence-corrected chi connectivity index (χ2v) is 5.78. The summed E-state index contributed by atoms with van der Waals surface area (Å²) in [6.45, 7) is 0. The summed E-state index contributed by atoms with van der Waals surface area (Å²) in [5.74, 6) is -0.249. The molecule has 0 saturated heterocycles. The molecule has 0 radical (unpaired) electrons. The van der Waals surface area contributed by atoms with Crippen LogP contribution < -0.4 is 5.43 Å². The quantitative estimate of drug-likeness (QED) is 0.549. The minimum Gasteiger partial charge on any atom is -0.323 e. The number of benzene rings is 2. The Morgan fingerprint density at radius 1 is 1.04 bits per heavy atom. The third kappa shape index (κ3) is 3.76. The van der Waals surface area contributed by atoms with Crippen molar-refractivity contribution in [2.45, 2.75) is 0 Å². The number of para-hydroxylation sites is 1. The first kappa shape index (κ1) is 15.2. The highest BCUT2D eigenvalue weighted by atomic mass is 79.9. The number of amides is 1. The maximum absolute atomic E-state index is 12.4. The van der Waals surface area contributed by atoms with Crippen LogP contribution in [-0.2, 0) is 0 Å². The lowest BCUT2D eigenvalue weighted by Crippen LogP contribution is -2.19. The zero-order chi connectivity index (χ0) is 16.1. The SMILES string of the molecule is O=C(N/N=C\c1cccc(Br)c1)c1ccccc1-n1cccc1. The molecule has 0 saturated carbocycles. The van der Waals surface area contributed by atoms with E-state index >= 15 is 0 Å². The van der Waals surface area contributed by atoms with Crippen molar-refractivity contribution in [3.8, 4) is 5.69 Å². The lowest BCUT2D eigenvalue weighted by molar-refractivity contribution is 0.0955. The summed E-state index contributed by atoms with van der Waals surface area (Å²) in [6.07, 6.45) is 5.41. The summed E-state index contributed by atoms with van der Waals surface area (Å²) in [7, 11) is 0. The highest BCUT2D eigenvalue weighted by Crippen LogP contribution is 2.14. The van der Waals surface area contributed by atoms with Gasteiger partial charge in [-0.2, -0.15) is 5.10 Å². The van der Waals surface area contributed by atoms with Crippen molar-refractivity contribution in [1.29, 1.82) is 0 Å². The number of hydrogen-bond donors (Lipinski definition) is 1. The van der Waals surface area contributed by atoms with Gasteiger partial charge in [-0.05, 0) is 42.0 Å². The minimum atomic E-state index is -0.249. The molecule has 2 aromatic carbocycles. The first-order valence-corrected chi connectivity index (χ1v) is 7.85. The van der Waals surface area contributed by atoms with Crippen LogP contribution >= 0.6 is 15.9 Å². The highest BCUT2D eigenvalue weighted by molar-refractivity contribution is 9.10. The Bertz CT molecular complexity index is 841. The smallest absolute Gasteiger partial charge is 0.273 e. The number of carbonyl (C=O) groups is 1. The van der Waals surface area contributed by atoms with E-state index in [9.17, 15) is 4.79 Å². The van der Waals surface area contributed by atoms with Crippen molar-refractivity contribution in [3.05, 3.63) is 88.7 Å². The second-order valence-electron chi connectivity index (χ2n) is 4.86. The molecule has 3 aromatic rings. The van der Waals surface area contributed by atoms with Gasteiger partial charge in [-0.15, -0.1) is 0 Å². The van der Waals surface area contributed by atoms with E-state index < -0.39 is 0 Å². The van der Waals surface area contributed by atoms with Crippen LogP contribution in [0.25, 0.3) is 5.69 Å². The Hall–Kier alpha value is -2.66. The molecular weight excluding hydrogens is 354 g/mol. The van der Waals surface area contributed by atoms with E-state index in [4.69, 9.17) is 0 Å². The predicted molar refractivity (Wildman–Crippen MR) is 95.0 cm³/mol. The molecule has 1 aromatic heterocycles. The van der Waals surface area contributed by atoms with Crippen LogP contribution in [0.5, 0.6) is 0 Å². The van der Waals surface area contributed by atoms with Crippen molar-refractivity contribution in [2.75, 3.05) is 0 Å². The average Bonchev–Trinajstić information content (AvgIpc) is 3.09. The molecule has 0 fully saturated rings. The van der Waals surface area contributed by atoms with Crippen molar-refractivity contribution in [2.24, 2.45) is 5.10 Å². The van der Waals surface area contributed by atoms with Crippen LogP contribution in [0.1, 0.15) is 15.9 Å². The number of nitrogens with one attached hydrogen (secondary N) is 1. The van der Waals surface area contributed by atoms with Gasteiger partial charge in [0, 0.05) is 16.9 Å². The third-order valence-corrected chi connectivity index (χ3v) is 3.75. The molecule has 23 heavy (non-hydrogen) atoms. The molecular formula is C18H14BrN3O. The Balaban J connectivity index is 1.77. The summed E-state index contributed by atoms with van der Waals surface area (Å²) in [5.41, 5.74) is 4.85. The van der Waals surface area contributed by atoms with Crippen molar-refractivity contribution in [1.82, 2.24) is 9.99 Å². The Morgan fingerprint density at radius 3 is 2.61 bits per heavy atom. The molecule has 1 heterocycles. The van der Waals surface area contributed by atoms with Crippen molar-refractivity contribution >= 4 is 28.1 Å². The molecule has 0 bridgehead atoms. The Labute approximate surface area is 142 Å². The van der Waals surface area contributed by atoms with Gasteiger partial charge >= 0.3 is 0 Å². The molecule has 0 atom stereocenters. The summed E-state index contributed by atoms with van der Waals surface area (Å²) < 4.78 is 2.86. The minimum absolute atomic E-state index is 0.249. The molecule has 1 N–H and O–H groups in total. The normalized spacial score (nSPS) is 10.8. The monoisotopic (exact) mass is 367 g/mol. The maximum atomic E-state index is 12.4. The molecule has 3 rings (SSSR count). The van der Waals surface area contributed by atoms with Gasteiger partial charge < -0.3 is 4.57 Å². The zero-order valence-corrected chi connectivity index (χ0v) is 13.8. The molecule has 0 aliphatic heterocycles. The number of hydrazone groups is 1. The highest BCUT2D eigenvalue weighted by Gasteiger charge is 2.10. The zero-order valence-electron chi connectivity index (χ0n) is 12.2. The molecule has 0 unspecified atom stereocenters. The molecule has 4 nitrogen and oxygen atoms in total. The van der Waals surface area contributed by atoms with Crippen LogP contribution in [0.15, 0.2) is 82.6 Å². The second kappa shape index (κ2) is 7.07. The molecule has 114 valence electrons. The first-order chi connectivity index (χ1) is 11.2. The first-order valence-electron chi connectivity index (χ1n) is 7.05. The van der Waals surface area contributed by atoms with E-state index in [1.165, 1.54) is 0 Å². The van der Waals surface area contributed by atoms with Gasteiger partial charge in [0.15, 0.2) is 0 Å². The summed E-state index contributed by atoms with van der Waals surface area (Å²) in [4.78, 5) is 12.4.